The van der Waals surface area contributed by atoms with Crippen molar-refractivity contribution in [3.63, 3.8) is 0 Å². The Morgan fingerprint density at radius 1 is 0.795 bits per heavy atom. The van der Waals surface area contributed by atoms with Crippen molar-refractivity contribution in [1.82, 2.24) is 0 Å². The monoisotopic (exact) mass is 586 g/mol. The van der Waals surface area contributed by atoms with Crippen molar-refractivity contribution in [2.45, 2.75) is 72.3 Å². The van der Waals surface area contributed by atoms with E-state index in [1.54, 1.807) is 0 Å². The molecule has 0 fully saturated rings. The van der Waals surface area contributed by atoms with Crippen LogP contribution in [-0.4, -0.2) is 25.9 Å². The topological polar surface area (TPSA) is 47.8 Å². The number of rotatable bonds is 2. The number of Topliss-reactive ketones (excluding diaryl/α,β-unsaturated/α-hetero) is 1. The molecule has 0 radical (unpaired) electrons. The second-order valence-corrected chi connectivity index (χ2v) is 12.6. The number of fused-ring (bicyclic) bond motifs is 6. The van der Waals surface area contributed by atoms with E-state index in [-0.39, 0.29) is 34.0 Å². The van der Waals surface area contributed by atoms with Gasteiger partial charge in [-0.3, -0.25) is 9.69 Å². The van der Waals surface area contributed by atoms with Crippen molar-refractivity contribution < 1.29 is 14.8 Å². The Hall–Kier alpha value is -4.15. The van der Waals surface area contributed by atoms with Gasteiger partial charge in [-0.15, -0.1) is 0 Å². The lowest BCUT2D eigenvalue weighted by molar-refractivity contribution is -0.828. The number of allylic oxidation sites excluding steroid dienone is 4. The smallest absolute Gasteiger partial charge is 0.191 e. The molecule has 0 bridgehead atoms. The average molecular weight is 587 g/mol. The molecule has 4 aromatic rings. The van der Waals surface area contributed by atoms with Gasteiger partial charge in [0, 0.05) is 40.6 Å². The summed E-state index contributed by atoms with van der Waals surface area (Å²) in [5.41, 5.74) is 5.88. The molecule has 4 aromatic carbocycles. The van der Waals surface area contributed by atoms with E-state index in [2.05, 4.69) is 112 Å². The van der Waals surface area contributed by atoms with Crippen LogP contribution in [0.25, 0.3) is 21.5 Å². The minimum absolute atomic E-state index is 0.0216. The molecule has 0 spiro atoms. The van der Waals surface area contributed by atoms with E-state index in [9.17, 15) is 9.90 Å². The summed E-state index contributed by atoms with van der Waals surface area (Å²) < 4.78 is 0. The van der Waals surface area contributed by atoms with Gasteiger partial charge in [-0.2, -0.15) is 0 Å². The van der Waals surface area contributed by atoms with Crippen molar-refractivity contribution in [2.24, 2.45) is 0 Å². The molecule has 44 heavy (non-hydrogen) atoms. The summed E-state index contributed by atoms with van der Waals surface area (Å²) in [6.45, 7) is 16.8. The van der Waals surface area contributed by atoms with Crippen molar-refractivity contribution in [3.05, 3.63) is 119 Å². The molecular formula is C40H46N2O2. The highest BCUT2D eigenvalue weighted by Crippen LogP contribution is 2.51. The summed E-state index contributed by atoms with van der Waals surface area (Å²) in [6.07, 6.45) is 3.79. The number of benzene rings is 4. The van der Waals surface area contributed by atoms with Gasteiger partial charge in [-0.25, -0.2) is 0 Å². The fourth-order valence-corrected chi connectivity index (χ4v) is 7.66. The first-order valence-electron chi connectivity index (χ1n) is 16.1. The summed E-state index contributed by atoms with van der Waals surface area (Å²) in [5, 5.41) is 18.4. The van der Waals surface area contributed by atoms with Crippen LogP contribution in [0.1, 0.15) is 66.5 Å². The third kappa shape index (κ3) is 4.42. The molecule has 1 aliphatic carbocycles. The Balaban J connectivity index is 0.000000924. The van der Waals surface area contributed by atoms with Crippen LogP contribution in [0.5, 0.6) is 0 Å². The number of quaternary nitrogens is 1. The zero-order valence-electron chi connectivity index (χ0n) is 27.9. The van der Waals surface area contributed by atoms with Gasteiger partial charge in [0.2, 0.25) is 0 Å². The molecule has 3 aliphatic rings. The Bertz CT molecular complexity index is 1870. The van der Waals surface area contributed by atoms with Gasteiger partial charge in [0.15, 0.2) is 5.78 Å². The third-order valence-corrected chi connectivity index (χ3v) is 9.73. The van der Waals surface area contributed by atoms with Gasteiger partial charge in [-0.1, -0.05) is 102 Å². The van der Waals surface area contributed by atoms with E-state index in [4.69, 9.17) is 0 Å². The number of likely N-dealkylation sites (N-methyl/N-ethyl adjacent to an activating group) is 2. The molecule has 4 heteroatoms. The number of nitrogens with zero attached hydrogens (tertiary/aromatic N) is 1. The maximum Gasteiger partial charge on any atom is 0.191 e. The van der Waals surface area contributed by atoms with Gasteiger partial charge in [-0.05, 0) is 71.3 Å². The number of hydrogen-bond acceptors (Lipinski definition) is 3. The predicted molar refractivity (Wildman–Crippen MR) is 184 cm³/mol. The Morgan fingerprint density at radius 3 is 1.93 bits per heavy atom. The van der Waals surface area contributed by atoms with Crippen molar-refractivity contribution in [2.75, 3.05) is 19.0 Å². The van der Waals surface area contributed by atoms with E-state index in [1.807, 2.05) is 46.9 Å². The quantitative estimate of drug-likeness (QED) is 0.251. The molecule has 2 atom stereocenters. The molecule has 0 amide bonds. The summed E-state index contributed by atoms with van der Waals surface area (Å²) >= 11 is 0. The standard InChI is InChI=1S/C36H34N2O2.2C2H6/c1-35(2)29(37(5)27-17-15-21-11-7-9-13-23(21)31(27)35)19-25-33(39)26(34(25)40)20-30-36(3,4)32-24-14-10-8-12-22(24)16-18-28(32)38(30)6;2*1-2/h7-20,29,39H,1-6H3;2*1-2H3. The molecule has 228 valence electrons. The summed E-state index contributed by atoms with van der Waals surface area (Å²) in [6, 6.07) is 25.5. The van der Waals surface area contributed by atoms with E-state index >= 15 is 0 Å². The highest BCUT2D eigenvalue weighted by Gasteiger charge is 2.49. The molecular weight excluding hydrogens is 540 g/mol. The van der Waals surface area contributed by atoms with E-state index in [0.29, 0.717) is 5.57 Å². The van der Waals surface area contributed by atoms with Crippen LogP contribution in [0, 0.1) is 0 Å². The summed E-state index contributed by atoms with van der Waals surface area (Å²) in [5.74, 6) is -0.293. The maximum atomic E-state index is 13.6. The first-order chi connectivity index (χ1) is 21.0. The average Bonchev–Trinajstić information content (AvgIpc) is 3.37. The van der Waals surface area contributed by atoms with Gasteiger partial charge < -0.3 is 10.0 Å². The molecule has 2 aliphatic heterocycles. The van der Waals surface area contributed by atoms with Gasteiger partial charge in [0.25, 0.3) is 0 Å². The molecule has 0 aromatic heterocycles. The van der Waals surface area contributed by atoms with Gasteiger partial charge >= 0.3 is 0 Å². The second-order valence-electron chi connectivity index (χ2n) is 12.6. The van der Waals surface area contributed by atoms with Crippen LogP contribution < -0.4 is 14.9 Å². The Kier molecular flexibility index (Phi) is 8.11. The fraction of sp³-hybridized carbons (Fsp3) is 0.325. The van der Waals surface area contributed by atoms with E-state index in [1.165, 1.54) is 43.3 Å². The van der Waals surface area contributed by atoms with Crippen LogP contribution in [0.2, 0.25) is 0 Å². The number of anilines is 1. The van der Waals surface area contributed by atoms with Crippen LogP contribution in [0.15, 0.2) is 108 Å². The van der Waals surface area contributed by atoms with Crippen LogP contribution in [0.4, 0.5) is 11.4 Å². The predicted octanol–water partition coefficient (Wildman–Crippen LogP) is 7.29. The third-order valence-electron chi connectivity index (χ3n) is 9.73. The van der Waals surface area contributed by atoms with E-state index in [0.717, 1.165) is 11.4 Å². The van der Waals surface area contributed by atoms with Crippen molar-refractivity contribution >= 4 is 38.7 Å². The minimum Gasteiger partial charge on any atom is -0.871 e. The molecule has 4 nitrogen and oxygen atoms in total. The van der Waals surface area contributed by atoms with E-state index < -0.39 is 0 Å². The molecule has 1 N–H and O–H groups in total. The summed E-state index contributed by atoms with van der Waals surface area (Å²) in [7, 11) is 4.17. The molecule has 7 rings (SSSR count). The zero-order valence-corrected chi connectivity index (χ0v) is 27.9. The highest BCUT2D eigenvalue weighted by atomic mass is 16.3. The SMILES string of the molecule is CC.CC.CN1C(=CC2=C([O-])C(=CC3[NH+](C)c4ccc5ccccc5c4C3(C)C)C2=O)C(C)(C)c2c1ccc1ccccc21. The molecule has 2 unspecified atom stereocenters. The first-order valence-corrected chi connectivity index (χ1v) is 16.1. The maximum absolute atomic E-state index is 13.6. The number of hydrogen-bond donors (Lipinski definition) is 1. The summed E-state index contributed by atoms with van der Waals surface area (Å²) in [4.78, 5) is 16.9. The lowest BCUT2D eigenvalue weighted by atomic mass is 9.75. The largest absolute Gasteiger partial charge is 0.871 e. The number of carbonyl (C=O) groups excluding carboxylic acids is 1. The van der Waals surface area contributed by atoms with Crippen LogP contribution >= 0.6 is 0 Å². The lowest BCUT2D eigenvalue weighted by Crippen LogP contribution is -3.07. The molecule has 0 saturated carbocycles. The minimum atomic E-state index is -0.349. The Labute approximate surface area is 263 Å². The zero-order chi connectivity index (χ0) is 32.1. The molecule has 0 saturated heterocycles. The highest BCUT2D eigenvalue weighted by molar-refractivity contribution is 6.21. The van der Waals surface area contributed by atoms with Crippen LogP contribution in [-0.2, 0) is 15.6 Å². The van der Waals surface area contributed by atoms with Crippen LogP contribution in [0.3, 0.4) is 0 Å². The lowest BCUT2D eigenvalue weighted by Gasteiger charge is -2.34. The number of carbonyl (C=O) groups is 1. The van der Waals surface area contributed by atoms with Crippen molar-refractivity contribution in [1.29, 1.82) is 0 Å². The first kappa shape index (κ1) is 31.3. The van der Waals surface area contributed by atoms with Crippen molar-refractivity contribution in [3.8, 4) is 0 Å². The second kappa shape index (κ2) is 11.4. The number of ketones is 1. The number of nitrogens with one attached hydrogen (secondary N) is 1. The van der Waals surface area contributed by atoms with Gasteiger partial charge in [0.1, 0.15) is 11.7 Å². The fourth-order valence-electron chi connectivity index (χ4n) is 7.66. The molecule has 2 heterocycles. The van der Waals surface area contributed by atoms with Gasteiger partial charge in [0.05, 0.1) is 12.5 Å². The normalized spacial score (nSPS) is 22.8. The Morgan fingerprint density at radius 2 is 1.34 bits per heavy atom.